The van der Waals surface area contributed by atoms with Crippen molar-refractivity contribution < 1.29 is 18.3 Å². The number of benzene rings is 2. The van der Waals surface area contributed by atoms with E-state index in [1.54, 1.807) is 24.3 Å². The van der Waals surface area contributed by atoms with Gasteiger partial charge in [0.05, 0.1) is 17.9 Å². The lowest BCUT2D eigenvalue weighted by atomic mass is 10.2. The number of halogens is 4. The molecule has 2 heterocycles. The van der Waals surface area contributed by atoms with E-state index in [4.69, 9.17) is 16.3 Å². The molecule has 10 heteroatoms. The predicted octanol–water partition coefficient (Wildman–Crippen LogP) is 5.02. The molecule has 3 aromatic rings. The van der Waals surface area contributed by atoms with Gasteiger partial charge in [-0.15, -0.1) is 12.4 Å². The first kappa shape index (κ1) is 23.8. The lowest BCUT2D eigenvalue weighted by molar-refractivity contribution is 0.0376. The maximum absolute atomic E-state index is 14.2. The van der Waals surface area contributed by atoms with E-state index in [2.05, 4.69) is 9.88 Å². The van der Waals surface area contributed by atoms with Crippen LogP contribution in [0.5, 0.6) is 0 Å². The Morgan fingerprint density at radius 3 is 2.74 bits per heavy atom. The summed E-state index contributed by atoms with van der Waals surface area (Å²) in [4.78, 5) is 21.3. The second-order valence-electron chi connectivity index (χ2n) is 7.01. The number of aromatic nitrogens is 1. The highest BCUT2D eigenvalue weighted by molar-refractivity contribution is 7.22. The maximum Gasteiger partial charge on any atom is 0.260 e. The average Bonchev–Trinajstić information content (AvgIpc) is 3.15. The van der Waals surface area contributed by atoms with E-state index in [0.29, 0.717) is 46.6 Å². The molecule has 0 unspecified atom stereocenters. The number of nitrogens with zero attached hydrogens (tertiary/aromatic N) is 3. The molecule has 1 aliphatic rings. The van der Waals surface area contributed by atoms with Crippen molar-refractivity contribution in [2.45, 2.75) is 6.42 Å². The van der Waals surface area contributed by atoms with Gasteiger partial charge in [-0.2, -0.15) is 0 Å². The molecule has 0 radical (unpaired) electrons. The minimum atomic E-state index is -0.740. The Morgan fingerprint density at radius 2 is 2.00 bits per heavy atom. The summed E-state index contributed by atoms with van der Waals surface area (Å²) in [5.74, 6) is -1.69. The predicted molar refractivity (Wildman–Crippen MR) is 122 cm³/mol. The summed E-state index contributed by atoms with van der Waals surface area (Å²) in [6, 6.07) is 8.69. The molecular formula is C21H21Cl2F2N3O2S. The Hall–Kier alpha value is -1.84. The molecule has 1 amide bonds. The SMILES string of the molecule is Cl.O=C(c1cccc(Cl)c1)N(CCCN1CCOCC1)c1nc2c(F)cc(F)cc2s1. The molecule has 0 N–H and O–H groups in total. The summed E-state index contributed by atoms with van der Waals surface area (Å²) in [7, 11) is 0. The number of carbonyl (C=O) groups is 1. The first-order valence-electron chi connectivity index (χ1n) is 9.64. The molecule has 1 aromatic heterocycles. The fraction of sp³-hybridized carbons (Fsp3) is 0.333. The summed E-state index contributed by atoms with van der Waals surface area (Å²) in [5, 5.41) is 0.785. The summed E-state index contributed by atoms with van der Waals surface area (Å²) in [6.07, 6.45) is 0.707. The lowest BCUT2D eigenvalue weighted by Gasteiger charge is -2.27. The molecular weight excluding hydrogens is 467 g/mol. The van der Waals surface area contributed by atoms with Crippen molar-refractivity contribution in [1.29, 1.82) is 0 Å². The van der Waals surface area contributed by atoms with Crippen molar-refractivity contribution in [3.05, 3.63) is 58.6 Å². The smallest absolute Gasteiger partial charge is 0.260 e. The highest BCUT2D eigenvalue weighted by Crippen LogP contribution is 2.32. The van der Waals surface area contributed by atoms with Crippen LogP contribution in [0, 0.1) is 11.6 Å². The zero-order chi connectivity index (χ0) is 21.1. The lowest BCUT2D eigenvalue weighted by Crippen LogP contribution is -2.39. The van der Waals surface area contributed by atoms with E-state index in [-0.39, 0.29) is 23.8 Å². The molecule has 31 heavy (non-hydrogen) atoms. The average molecular weight is 488 g/mol. The molecule has 166 valence electrons. The van der Waals surface area contributed by atoms with E-state index in [9.17, 15) is 13.6 Å². The van der Waals surface area contributed by atoms with Crippen LogP contribution in [0.4, 0.5) is 13.9 Å². The number of hydrogen-bond donors (Lipinski definition) is 0. The third-order valence-electron chi connectivity index (χ3n) is 4.91. The van der Waals surface area contributed by atoms with Gasteiger partial charge in [-0.05, 0) is 30.7 Å². The molecule has 4 rings (SSSR count). The van der Waals surface area contributed by atoms with Crippen LogP contribution in [0.15, 0.2) is 36.4 Å². The molecule has 1 saturated heterocycles. The van der Waals surface area contributed by atoms with Crippen LogP contribution >= 0.6 is 35.3 Å². The van der Waals surface area contributed by atoms with Crippen molar-refractivity contribution in [3.63, 3.8) is 0 Å². The third-order valence-corrected chi connectivity index (χ3v) is 6.17. The van der Waals surface area contributed by atoms with Crippen molar-refractivity contribution in [2.75, 3.05) is 44.3 Å². The van der Waals surface area contributed by atoms with Crippen LogP contribution in [0.3, 0.4) is 0 Å². The van der Waals surface area contributed by atoms with Gasteiger partial charge in [0.1, 0.15) is 11.3 Å². The largest absolute Gasteiger partial charge is 0.379 e. The zero-order valence-corrected chi connectivity index (χ0v) is 18.9. The normalized spacial score (nSPS) is 14.4. The number of rotatable bonds is 6. The van der Waals surface area contributed by atoms with Crippen molar-refractivity contribution >= 4 is 56.6 Å². The van der Waals surface area contributed by atoms with Crippen LogP contribution in [-0.4, -0.2) is 55.2 Å². The van der Waals surface area contributed by atoms with Gasteiger partial charge in [-0.1, -0.05) is 29.0 Å². The Kier molecular flexibility index (Phi) is 8.18. The summed E-state index contributed by atoms with van der Waals surface area (Å²) in [5.41, 5.74) is 0.480. The number of fused-ring (bicyclic) bond motifs is 1. The highest BCUT2D eigenvalue weighted by atomic mass is 35.5. The van der Waals surface area contributed by atoms with Crippen molar-refractivity contribution in [3.8, 4) is 0 Å². The van der Waals surface area contributed by atoms with E-state index in [1.807, 2.05) is 0 Å². The van der Waals surface area contributed by atoms with Crippen LogP contribution in [0.25, 0.3) is 10.2 Å². The fourth-order valence-electron chi connectivity index (χ4n) is 3.40. The molecule has 2 aromatic carbocycles. The first-order valence-corrected chi connectivity index (χ1v) is 10.8. The molecule has 0 bridgehead atoms. The Labute approximate surface area is 194 Å². The van der Waals surface area contributed by atoms with E-state index in [1.165, 1.54) is 11.0 Å². The number of anilines is 1. The number of morpholine rings is 1. The number of thiazole rings is 1. The van der Waals surface area contributed by atoms with E-state index in [0.717, 1.165) is 37.0 Å². The second-order valence-corrected chi connectivity index (χ2v) is 8.45. The first-order chi connectivity index (χ1) is 14.5. The number of amides is 1. The quantitative estimate of drug-likeness (QED) is 0.489. The van der Waals surface area contributed by atoms with Crippen LogP contribution < -0.4 is 4.90 Å². The summed E-state index contributed by atoms with van der Waals surface area (Å²) in [6.45, 7) is 4.31. The van der Waals surface area contributed by atoms with Gasteiger partial charge in [0.2, 0.25) is 0 Å². The number of ether oxygens (including phenoxy) is 1. The molecule has 1 fully saturated rings. The van der Waals surface area contributed by atoms with Gasteiger partial charge in [-0.3, -0.25) is 14.6 Å². The minimum absolute atomic E-state index is 0. The molecule has 5 nitrogen and oxygen atoms in total. The van der Waals surface area contributed by atoms with E-state index < -0.39 is 11.6 Å². The van der Waals surface area contributed by atoms with Crippen molar-refractivity contribution in [2.24, 2.45) is 0 Å². The standard InChI is InChI=1S/C21H20ClF2N3O2S.ClH/c22-15-4-1-3-14(11-15)20(28)27(6-2-5-26-7-9-29-10-8-26)21-25-19-17(24)12-16(23)13-18(19)30-21;/h1,3-4,11-13H,2,5-10H2;1H. The maximum atomic E-state index is 14.2. The molecule has 0 saturated carbocycles. The highest BCUT2D eigenvalue weighted by Gasteiger charge is 2.23. The van der Waals surface area contributed by atoms with Crippen LogP contribution in [-0.2, 0) is 4.74 Å². The minimum Gasteiger partial charge on any atom is -0.379 e. The molecule has 0 atom stereocenters. The Morgan fingerprint density at radius 1 is 1.23 bits per heavy atom. The Bertz CT molecular complexity index is 1060. The van der Waals surface area contributed by atoms with Gasteiger partial charge in [-0.25, -0.2) is 13.8 Å². The van der Waals surface area contributed by atoms with Gasteiger partial charge in [0.15, 0.2) is 10.9 Å². The Balaban J connectivity index is 0.00000272. The monoisotopic (exact) mass is 487 g/mol. The van der Waals surface area contributed by atoms with Crippen molar-refractivity contribution in [1.82, 2.24) is 9.88 Å². The fourth-order valence-corrected chi connectivity index (χ4v) is 4.62. The van der Waals surface area contributed by atoms with Crippen LogP contribution in [0.2, 0.25) is 5.02 Å². The van der Waals surface area contributed by atoms with E-state index >= 15 is 0 Å². The van der Waals surface area contributed by atoms with Gasteiger partial charge >= 0.3 is 0 Å². The number of hydrogen-bond acceptors (Lipinski definition) is 5. The van der Waals surface area contributed by atoms with Gasteiger partial charge in [0, 0.05) is 42.8 Å². The molecule has 1 aliphatic heterocycles. The van der Waals surface area contributed by atoms with Gasteiger partial charge < -0.3 is 4.74 Å². The molecule has 0 aliphatic carbocycles. The zero-order valence-electron chi connectivity index (χ0n) is 16.5. The summed E-state index contributed by atoms with van der Waals surface area (Å²) < 4.78 is 33.5. The second kappa shape index (κ2) is 10.7. The number of carbonyl (C=O) groups excluding carboxylic acids is 1. The summed E-state index contributed by atoms with van der Waals surface area (Å²) >= 11 is 7.15. The van der Waals surface area contributed by atoms with Crippen LogP contribution in [0.1, 0.15) is 16.8 Å². The third kappa shape index (κ3) is 5.70. The topological polar surface area (TPSA) is 45.7 Å². The molecule has 0 spiro atoms. The van der Waals surface area contributed by atoms with Gasteiger partial charge in [0.25, 0.3) is 5.91 Å².